The zero-order valence-corrected chi connectivity index (χ0v) is 19.9. The third-order valence-corrected chi connectivity index (χ3v) is 7.36. The zero-order chi connectivity index (χ0) is 23.5. The lowest BCUT2D eigenvalue weighted by atomic mass is 10.1. The van der Waals surface area contributed by atoms with E-state index in [1.165, 1.54) is 23.1 Å². The first-order chi connectivity index (χ1) is 15.8. The molecule has 174 valence electrons. The molecule has 0 bridgehead atoms. The molecule has 0 spiro atoms. The standard InChI is InChI=1S/C21H24N6O4S2/c1-13(2)22-16(28)12-32-21-24-23-20(33-21)26-9-7-25(8-10-26)17(29)11-27-18(30)14-5-3-4-6-15(14)19(27)31/h3-6,13H,7-12H2,1-2H3,(H,22,28). The molecule has 0 atom stereocenters. The highest BCUT2D eigenvalue weighted by molar-refractivity contribution is 8.01. The van der Waals surface area contributed by atoms with Crippen molar-refractivity contribution in [3.05, 3.63) is 35.4 Å². The first-order valence-corrected chi connectivity index (χ1v) is 12.4. The van der Waals surface area contributed by atoms with Gasteiger partial charge >= 0.3 is 0 Å². The number of imide groups is 1. The maximum atomic E-state index is 12.8. The Morgan fingerprint density at radius 2 is 1.70 bits per heavy atom. The predicted molar refractivity (Wildman–Crippen MR) is 125 cm³/mol. The molecule has 1 saturated heterocycles. The Labute approximate surface area is 199 Å². The van der Waals surface area contributed by atoms with E-state index in [2.05, 4.69) is 15.5 Å². The average Bonchev–Trinajstić information content (AvgIpc) is 3.37. The van der Waals surface area contributed by atoms with Crippen molar-refractivity contribution in [2.45, 2.75) is 24.2 Å². The summed E-state index contributed by atoms with van der Waals surface area (Å²) >= 11 is 2.76. The second kappa shape index (κ2) is 9.87. The van der Waals surface area contributed by atoms with E-state index in [9.17, 15) is 19.2 Å². The molecule has 4 rings (SSSR count). The van der Waals surface area contributed by atoms with Crippen molar-refractivity contribution in [2.75, 3.05) is 43.4 Å². The molecule has 0 unspecified atom stereocenters. The van der Waals surface area contributed by atoms with Gasteiger partial charge in [0.2, 0.25) is 16.9 Å². The minimum absolute atomic E-state index is 0.0445. The van der Waals surface area contributed by atoms with Gasteiger partial charge in [-0.15, -0.1) is 10.2 Å². The lowest BCUT2D eigenvalue weighted by Gasteiger charge is -2.34. The van der Waals surface area contributed by atoms with Crippen molar-refractivity contribution < 1.29 is 19.2 Å². The van der Waals surface area contributed by atoms with Crippen LogP contribution in [0.25, 0.3) is 0 Å². The fourth-order valence-corrected chi connectivity index (χ4v) is 5.35. The summed E-state index contributed by atoms with van der Waals surface area (Å²) in [5.41, 5.74) is 0.679. The smallest absolute Gasteiger partial charge is 0.262 e. The summed E-state index contributed by atoms with van der Waals surface area (Å²) in [6, 6.07) is 6.70. The summed E-state index contributed by atoms with van der Waals surface area (Å²) in [5, 5.41) is 11.9. The highest BCUT2D eigenvalue weighted by atomic mass is 32.2. The van der Waals surface area contributed by atoms with Gasteiger partial charge in [0.25, 0.3) is 11.8 Å². The number of fused-ring (bicyclic) bond motifs is 1. The van der Waals surface area contributed by atoms with E-state index in [4.69, 9.17) is 0 Å². The first-order valence-electron chi connectivity index (χ1n) is 10.6. The molecule has 0 radical (unpaired) electrons. The van der Waals surface area contributed by atoms with Crippen LogP contribution in [0.4, 0.5) is 5.13 Å². The van der Waals surface area contributed by atoms with Gasteiger partial charge in [0, 0.05) is 32.2 Å². The highest BCUT2D eigenvalue weighted by Gasteiger charge is 2.37. The van der Waals surface area contributed by atoms with Crippen LogP contribution in [0.2, 0.25) is 0 Å². The number of hydrogen-bond acceptors (Lipinski definition) is 9. The van der Waals surface area contributed by atoms with Crippen molar-refractivity contribution in [1.29, 1.82) is 0 Å². The number of carbonyl (C=O) groups is 4. The van der Waals surface area contributed by atoms with E-state index in [0.29, 0.717) is 41.6 Å². The molecular weight excluding hydrogens is 464 g/mol. The van der Waals surface area contributed by atoms with E-state index in [1.54, 1.807) is 29.2 Å². The van der Waals surface area contributed by atoms with E-state index in [-0.39, 0.29) is 30.2 Å². The highest BCUT2D eigenvalue weighted by Crippen LogP contribution is 2.28. The number of aromatic nitrogens is 2. The molecule has 4 amide bonds. The number of amides is 4. The maximum absolute atomic E-state index is 12.8. The Balaban J connectivity index is 1.27. The van der Waals surface area contributed by atoms with Gasteiger partial charge in [-0.2, -0.15) is 0 Å². The van der Waals surface area contributed by atoms with Crippen LogP contribution >= 0.6 is 23.1 Å². The van der Waals surface area contributed by atoms with E-state index >= 15 is 0 Å². The SMILES string of the molecule is CC(C)NC(=O)CSc1nnc(N2CCN(C(=O)CN3C(=O)c4ccccc4C3=O)CC2)s1. The number of carbonyl (C=O) groups excluding carboxylic acids is 4. The number of nitrogens with zero attached hydrogens (tertiary/aromatic N) is 5. The summed E-state index contributed by atoms with van der Waals surface area (Å²) in [6.45, 7) is 5.62. The van der Waals surface area contributed by atoms with Gasteiger partial charge in [-0.05, 0) is 26.0 Å². The number of anilines is 1. The van der Waals surface area contributed by atoms with Crippen molar-refractivity contribution in [2.24, 2.45) is 0 Å². The third-order valence-electron chi connectivity index (χ3n) is 5.25. The van der Waals surface area contributed by atoms with E-state index < -0.39 is 11.8 Å². The van der Waals surface area contributed by atoms with Crippen molar-refractivity contribution in [1.82, 2.24) is 25.3 Å². The van der Waals surface area contributed by atoms with Crippen LogP contribution in [0.3, 0.4) is 0 Å². The number of hydrogen-bond donors (Lipinski definition) is 1. The fourth-order valence-electron chi connectivity index (χ4n) is 3.64. The predicted octanol–water partition coefficient (Wildman–Crippen LogP) is 1.10. The van der Waals surface area contributed by atoms with Gasteiger partial charge < -0.3 is 15.1 Å². The molecule has 0 saturated carbocycles. The largest absolute Gasteiger partial charge is 0.353 e. The molecule has 3 heterocycles. The van der Waals surface area contributed by atoms with Crippen molar-refractivity contribution >= 4 is 51.9 Å². The number of rotatable bonds is 7. The lowest BCUT2D eigenvalue weighted by Crippen LogP contribution is -2.51. The number of thioether (sulfide) groups is 1. The minimum Gasteiger partial charge on any atom is -0.353 e. The summed E-state index contributed by atoms with van der Waals surface area (Å²) in [7, 11) is 0. The molecule has 2 aliphatic rings. The zero-order valence-electron chi connectivity index (χ0n) is 18.3. The van der Waals surface area contributed by atoms with Crippen LogP contribution in [-0.4, -0.2) is 88.1 Å². The van der Waals surface area contributed by atoms with E-state index in [1.807, 2.05) is 18.7 Å². The molecular formula is C21H24N6O4S2. The minimum atomic E-state index is -0.427. The van der Waals surface area contributed by atoms with Gasteiger partial charge in [-0.1, -0.05) is 35.2 Å². The third kappa shape index (κ3) is 5.17. The van der Waals surface area contributed by atoms with Crippen LogP contribution in [0.5, 0.6) is 0 Å². The molecule has 1 aromatic carbocycles. The summed E-state index contributed by atoms with van der Waals surface area (Å²) in [5.74, 6) is -0.870. The number of benzene rings is 1. The Hall–Kier alpha value is -2.99. The quantitative estimate of drug-likeness (QED) is 0.455. The fraction of sp³-hybridized carbons (Fsp3) is 0.429. The van der Waals surface area contributed by atoms with Crippen LogP contribution in [-0.2, 0) is 9.59 Å². The van der Waals surface area contributed by atoms with Gasteiger partial charge in [0.05, 0.1) is 16.9 Å². The topological polar surface area (TPSA) is 116 Å². The second-order valence-corrected chi connectivity index (χ2v) is 10.1. The average molecular weight is 489 g/mol. The molecule has 12 heteroatoms. The molecule has 1 N–H and O–H groups in total. The van der Waals surface area contributed by atoms with Gasteiger partial charge in [-0.3, -0.25) is 24.1 Å². The monoisotopic (exact) mass is 488 g/mol. The Morgan fingerprint density at radius 1 is 1.06 bits per heavy atom. The summed E-state index contributed by atoms with van der Waals surface area (Å²) in [6.07, 6.45) is 0. The molecule has 10 nitrogen and oxygen atoms in total. The lowest BCUT2D eigenvalue weighted by molar-refractivity contribution is -0.131. The van der Waals surface area contributed by atoms with Crippen LogP contribution in [0, 0.1) is 0 Å². The number of nitrogens with one attached hydrogen (secondary N) is 1. The van der Waals surface area contributed by atoms with Gasteiger partial charge in [0.1, 0.15) is 6.54 Å². The maximum Gasteiger partial charge on any atom is 0.262 e. The van der Waals surface area contributed by atoms with Crippen LogP contribution in [0.15, 0.2) is 28.6 Å². The summed E-state index contributed by atoms with van der Waals surface area (Å²) < 4.78 is 0.716. The van der Waals surface area contributed by atoms with Crippen LogP contribution < -0.4 is 10.2 Å². The van der Waals surface area contributed by atoms with E-state index in [0.717, 1.165) is 10.0 Å². The van der Waals surface area contributed by atoms with Crippen molar-refractivity contribution in [3.8, 4) is 0 Å². The molecule has 2 aliphatic heterocycles. The normalized spacial score (nSPS) is 15.9. The Bertz CT molecular complexity index is 1050. The Morgan fingerprint density at radius 3 is 2.30 bits per heavy atom. The number of piperazine rings is 1. The van der Waals surface area contributed by atoms with Gasteiger partial charge in [-0.25, -0.2) is 0 Å². The van der Waals surface area contributed by atoms with Crippen LogP contribution in [0.1, 0.15) is 34.6 Å². The molecule has 33 heavy (non-hydrogen) atoms. The molecule has 1 fully saturated rings. The Kier molecular flexibility index (Phi) is 6.94. The summed E-state index contributed by atoms with van der Waals surface area (Å²) in [4.78, 5) is 54.3. The first kappa shape index (κ1) is 23.2. The van der Waals surface area contributed by atoms with Gasteiger partial charge in [0.15, 0.2) is 4.34 Å². The molecule has 1 aromatic heterocycles. The second-order valence-electron chi connectivity index (χ2n) is 7.97. The molecule has 2 aromatic rings. The van der Waals surface area contributed by atoms with Crippen molar-refractivity contribution in [3.63, 3.8) is 0 Å². The molecule has 0 aliphatic carbocycles.